The zero-order valence-corrected chi connectivity index (χ0v) is 17.5. The van der Waals surface area contributed by atoms with Crippen molar-refractivity contribution in [2.75, 3.05) is 0 Å². The van der Waals surface area contributed by atoms with Crippen LogP contribution in [0.4, 0.5) is 0 Å². The van der Waals surface area contributed by atoms with Gasteiger partial charge in [-0.1, -0.05) is 66.7 Å². The summed E-state index contributed by atoms with van der Waals surface area (Å²) in [4.78, 5) is 0. The highest BCUT2D eigenvalue weighted by Crippen LogP contribution is 2.38. The first kappa shape index (κ1) is 18.6. The van der Waals surface area contributed by atoms with Crippen molar-refractivity contribution in [1.29, 1.82) is 0 Å². The first-order valence-corrected chi connectivity index (χ1v) is 9.58. The molecule has 2 heteroatoms. The highest BCUT2D eigenvalue weighted by atomic mass is 79.9. The van der Waals surface area contributed by atoms with Gasteiger partial charge in [-0.2, -0.15) is 4.57 Å². The molecule has 0 saturated heterocycles. The van der Waals surface area contributed by atoms with Crippen molar-refractivity contribution < 1.29 is 21.5 Å². The van der Waals surface area contributed by atoms with Crippen LogP contribution in [0.1, 0.15) is 11.1 Å². The minimum absolute atomic E-state index is 0. The van der Waals surface area contributed by atoms with Crippen molar-refractivity contribution in [1.82, 2.24) is 0 Å². The van der Waals surface area contributed by atoms with E-state index >= 15 is 0 Å². The number of halogens is 1. The fraction of sp³-hybridized carbons (Fsp3) is 0.115. The van der Waals surface area contributed by atoms with Gasteiger partial charge in [0.15, 0.2) is 0 Å². The number of aryl methyl sites for hydroxylation is 1. The molecule has 1 aliphatic carbocycles. The molecule has 0 N–H and O–H groups in total. The highest BCUT2D eigenvalue weighted by Gasteiger charge is 2.29. The summed E-state index contributed by atoms with van der Waals surface area (Å²) in [7, 11) is 2.21. The van der Waals surface area contributed by atoms with Crippen molar-refractivity contribution in [3.63, 3.8) is 0 Å². The number of aromatic nitrogens is 1. The molecule has 1 aliphatic rings. The maximum Gasteiger partial charge on any atom is 0.216 e. The summed E-state index contributed by atoms with van der Waals surface area (Å²) >= 11 is 0. The molecule has 1 aromatic heterocycles. The van der Waals surface area contributed by atoms with Crippen molar-refractivity contribution in [3.8, 4) is 33.6 Å². The molecule has 3 aromatic carbocycles. The quantitative estimate of drug-likeness (QED) is 0.433. The van der Waals surface area contributed by atoms with E-state index in [-0.39, 0.29) is 17.0 Å². The van der Waals surface area contributed by atoms with Gasteiger partial charge in [0.05, 0.1) is 0 Å². The van der Waals surface area contributed by atoms with E-state index in [2.05, 4.69) is 103 Å². The van der Waals surface area contributed by atoms with E-state index in [1.165, 1.54) is 44.8 Å². The van der Waals surface area contributed by atoms with Crippen molar-refractivity contribution >= 4 is 0 Å². The summed E-state index contributed by atoms with van der Waals surface area (Å²) in [6.07, 6.45) is 2.19. The first-order valence-electron chi connectivity index (χ1n) is 9.58. The molecule has 0 amide bonds. The molecule has 0 atom stereocenters. The van der Waals surface area contributed by atoms with Crippen molar-refractivity contribution in [3.05, 3.63) is 102 Å². The van der Waals surface area contributed by atoms with Crippen LogP contribution in [0.5, 0.6) is 0 Å². The van der Waals surface area contributed by atoms with Gasteiger partial charge in [-0.05, 0) is 47.7 Å². The molecule has 4 aromatic rings. The number of benzene rings is 3. The van der Waals surface area contributed by atoms with E-state index in [0.717, 1.165) is 12.8 Å². The summed E-state index contributed by atoms with van der Waals surface area (Å²) in [6.45, 7) is 0. The summed E-state index contributed by atoms with van der Waals surface area (Å²) < 4.78 is 2.38. The summed E-state index contributed by atoms with van der Waals surface area (Å²) in [5, 5.41) is 0. The second-order valence-corrected chi connectivity index (χ2v) is 7.22. The Bertz CT molecular complexity index is 1120. The topological polar surface area (TPSA) is 3.88 Å². The lowest BCUT2D eigenvalue weighted by atomic mass is 9.84. The van der Waals surface area contributed by atoms with E-state index in [1.807, 2.05) is 0 Å². The highest BCUT2D eigenvalue weighted by molar-refractivity contribution is 5.80. The molecule has 138 valence electrons. The molecule has 0 saturated carbocycles. The van der Waals surface area contributed by atoms with E-state index in [1.54, 1.807) is 0 Å². The van der Waals surface area contributed by atoms with E-state index in [4.69, 9.17) is 0 Å². The smallest absolute Gasteiger partial charge is 0.216 e. The van der Waals surface area contributed by atoms with Crippen LogP contribution in [0, 0.1) is 0 Å². The lowest BCUT2D eigenvalue weighted by Crippen LogP contribution is -3.00. The van der Waals surface area contributed by atoms with Crippen LogP contribution in [0.2, 0.25) is 0 Å². The standard InChI is InChI=1S/C26H22N.BrH/c1-27-25(21-13-6-3-7-14-21)18-24(19-10-4-2-5-11-19)23-17-16-20-12-8-9-15-22(20)26(23)27;/h2-15,18H,16-17H2,1H3;1H/q+1;/p-1. The van der Waals surface area contributed by atoms with E-state index in [9.17, 15) is 0 Å². The number of nitrogens with zero attached hydrogens (tertiary/aromatic N) is 1. The third-order valence-corrected chi connectivity index (χ3v) is 5.66. The number of hydrogen-bond acceptors (Lipinski definition) is 0. The molecule has 28 heavy (non-hydrogen) atoms. The number of fused-ring (bicyclic) bond motifs is 3. The molecular weight excluding hydrogens is 406 g/mol. The molecule has 0 radical (unpaired) electrons. The Labute approximate surface area is 177 Å². The molecule has 1 nitrogen and oxygen atoms in total. The lowest BCUT2D eigenvalue weighted by molar-refractivity contribution is -0.649. The Hall–Kier alpha value is -2.71. The van der Waals surface area contributed by atoms with Crippen LogP contribution >= 0.6 is 0 Å². The van der Waals surface area contributed by atoms with Gasteiger partial charge in [-0.25, -0.2) is 0 Å². The minimum Gasteiger partial charge on any atom is -1.00 e. The Kier molecular flexibility index (Phi) is 5.15. The largest absolute Gasteiger partial charge is 1.00 e. The molecule has 0 bridgehead atoms. The lowest BCUT2D eigenvalue weighted by Gasteiger charge is -2.21. The monoisotopic (exact) mass is 427 g/mol. The van der Waals surface area contributed by atoms with Gasteiger partial charge in [-0.3, -0.25) is 0 Å². The normalized spacial score (nSPS) is 11.9. The van der Waals surface area contributed by atoms with Crippen LogP contribution in [-0.4, -0.2) is 0 Å². The van der Waals surface area contributed by atoms with Crippen LogP contribution in [-0.2, 0) is 19.9 Å². The Balaban J connectivity index is 0.00000192. The predicted molar refractivity (Wildman–Crippen MR) is 111 cm³/mol. The van der Waals surface area contributed by atoms with Crippen LogP contribution < -0.4 is 21.5 Å². The Morgan fingerprint density at radius 1 is 0.643 bits per heavy atom. The van der Waals surface area contributed by atoms with Crippen LogP contribution in [0.15, 0.2) is 91.0 Å². The number of rotatable bonds is 2. The molecule has 5 rings (SSSR count). The average Bonchev–Trinajstić information content (AvgIpc) is 2.75. The molecule has 1 heterocycles. The zero-order valence-electron chi connectivity index (χ0n) is 15.9. The fourth-order valence-electron chi connectivity index (χ4n) is 4.36. The van der Waals surface area contributed by atoms with E-state index in [0.29, 0.717) is 0 Å². The molecule has 0 aliphatic heterocycles. The molecule has 0 spiro atoms. The maximum atomic E-state index is 2.38. The first-order chi connectivity index (χ1) is 13.3. The Morgan fingerprint density at radius 3 is 1.96 bits per heavy atom. The van der Waals surface area contributed by atoms with Gasteiger partial charge in [-0.15, -0.1) is 0 Å². The van der Waals surface area contributed by atoms with Crippen molar-refractivity contribution in [2.24, 2.45) is 7.05 Å². The Morgan fingerprint density at radius 2 is 1.25 bits per heavy atom. The van der Waals surface area contributed by atoms with Gasteiger partial charge >= 0.3 is 0 Å². The van der Waals surface area contributed by atoms with Gasteiger partial charge in [0.25, 0.3) is 0 Å². The zero-order chi connectivity index (χ0) is 18.2. The molecular formula is C26H22BrN. The molecule has 0 unspecified atom stereocenters. The summed E-state index contributed by atoms with van der Waals surface area (Å²) in [6, 6.07) is 32.8. The summed E-state index contributed by atoms with van der Waals surface area (Å²) in [5.74, 6) is 0. The van der Waals surface area contributed by atoms with Crippen molar-refractivity contribution in [2.45, 2.75) is 12.8 Å². The third kappa shape index (κ3) is 3.08. The van der Waals surface area contributed by atoms with Gasteiger partial charge in [0, 0.05) is 22.8 Å². The second kappa shape index (κ2) is 7.73. The average molecular weight is 428 g/mol. The number of pyridine rings is 1. The number of hydrogen-bond donors (Lipinski definition) is 0. The predicted octanol–water partition coefficient (Wildman–Crippen LogP) is 2.61. The summed E-state index contributed by atoms with van der Waals surface area (Å²) in [5.41, 5.74) is 10.8. The minimum atomic E-state index is 0. The molecule has 0 fully saturated rings. The maximum absolute atomic E-state index is 2.38. The fourth-order valence-corrected chi connectivity index (χ4v) is 4.36. The second-order valence-electron chi connectivity index (χ2n) is 7.22. The van der Waals surface area contributed by atoms with Gasteiger partial charge in [0.2, 0.25) is 11.4 Å². The van der Waals surface area contributed by atoms with Crippen LogP contribution in [0.25, 0.3) is 33.6 Å². The third-order valence-electron chi connectivity index (χ3n) is 5.66. The van der Waals surface area contributed by atoms with Crippen LogP contribution in [0.3, 0.4) is 0 Å². The van der Waals surface area contributed by atoms with E-state index < -0.39 is 0 Å². The van der Waals surface area contributed by atoms with Gasteiger partial charge in [0.1, 0.15) is 7.05 Å². The van der Waals surface area contributed by atoms with Gasteiger partial charge < -0.3 is 17.0 Å². The SMILES string of the molecule is C[n+]1c(-c2ccccc2)cc(-c2ccccc2)c2c1-c1ccccc1CC2.[Br-].